The average Bonchev–Trinajstić information content (AvgIpc) is 2.14. The quantitative estimate of drug-likeness (QED) is 0.723. The van der Waals surface area contributed by atoms with E-state index in [1.807, 2.05) is 11.8 Å². The van der Waals surface area contributed by atoms with E-state index in [1.54, 1.807) is 19.0 Å². The van der Waals surface area contributed by atoms with Gasteiger partial charge in [-0.3, -0.25) is 4.79 Å². The first kappa shape index (κ1) is 14.8. The van der Waals surface area contributed by atoms with Gasteiger partial charge in [-0.15, -0.1) is 0 Å². The van der Waals surface area contributed by atoms with Crippen LogP contribution in [0.4, 0.5) is 0 Å². The minimum atomic E-state index is 0.187. The molecule has 0 fully saturated rings. The van der Waals surface area contributed by atoms with Crippen LogP contribution < -0.4 is 5.32 Å². The first-order chi connectivity index (χ1) is 6.97. The molecule has 2 atom stereocenters. The highest BCUT2D eigenvalue weighted by Crippen LogP contribution is 2.02. The smallest absolute Gasteiger partial charge is 0.223 e. The van der Waals surface area contributed by atoms with Crippen molar-refractivity contribution in [1.82, 2.24) is 10.2 Å². The Morgan fingerprint density at radius 2 is 1.93 bits per heavy atom. The molecular weight excluding hydrogens is 208 g/mol. The molecule has 0 aromatic rings. The summed E-state index contributed by atoms with van der Waals surface area (Å²) in [5.41, 5.74) is 0. The van der Waals surface area contributed by atoms with Crippen LogP contribution in [0.5, 0.6) is 0 Å². The zero-order valence-electron chi connectivity index (χ0n) is 10.5. The van der Waals surface area contributed by atoms with Gasteiger partial charge >= 0.3 is 0 Å². The summed E-state index contributed by atoms with van der Waals surface area (Å²) in [6.07, 6.45) is 3.85. The molecule has 0 aliphatic heterocycles. The van der Waals surface area contributed by atoms with Crippen molar-refractivity contribution in [3.63, 3.8) is 0 Å². The number of hydrogen-bond donors (Lipinski definition) is 1. The molecular formula is C11H24N2OS. The van der Waals surface area contributed by atoms with Gasteiger partial charge < -0.3 is 10.2 Å². The van der Waals surface area contributed by atoms with E-state index >= 15 is 0 Å². The van der Waals surface area contributed by atoms with Crippen molar-refractivity contribution in [2.24, 2.45) is 0 Å². The fourth-order valence-corrected chi connectivity index (χ4v) is 1.96. The molecule has 0 rings (SSSR count). The summed E-state index contributed by atoms with van der Waals surface area (Å²) in [6.45, 7) is 4.24. The fourth-order valence-electron chi connectivity index (χ4n) is 1.37. The number of rotatable bonds is 7. The van der Waals surface area contributed by atoms with E-state index in [9.17, 15) is 4.79 Å². The second-order valence-electron chi connectivity index (χ2n) is 4.24. The van der Waals surface area contributed by atoms with E-state index < -0.39 is 0 Å². The summed E-state index contributed by atoms with van der Waals surface area (Å²) in [5, 5.41) is 3.44. The van der Waals surface area contributed by atoms with Gasteiger partial charge in [-0.05, 0) is 32.3 Å². The Hall–Kier alpha value is -0.220. The zero-order valence-corrected chi connectivity index (χ0v) is 11.4. The molecule has 0 aliphatic carbocycles. The van der Waals surface area contributed by atoms with Gasteiger partial charge in [-0.1, -0.05) is 0 Å². The predicted molar refractivity (Wildman–Crippen MR) is 68.4 cm³/mol. The monoisotopic (exact) mass is 232 g/mol. The molecule has 0 aromatic heterocycles. The lowest BCUT2D eigenvalue weighted by molar-refractivity contribution is -0.129. The topological polar surface area (TPSA) is 32.3 Å². The number of amides is 1. The Labute approximate surface area is 98.0 Å². The fraction of sp³-hybridized carbons (Fsp3) is 0.909. The third-order valence-electron chi connectivity index (χ3n) is 2.30. The van der Waals surface area contributed by atoms with Gasteiger partial charge in [-0.2, -0.15) is 11.8 Å². The molecule has 0 aromatic carbocycles. The van der Waals surface area contributed by atoms with E-state index in [-0.39, 0.29) is 11.9 Å². The highest BCUT2D eigenvalue weighted by molar-refractivity contribution is 7.98. The lowest BCUT2D eigenvalue weighted by Crippen LogP contribution is -2.38. The number of carbonyl (C=O) groups excluding carboxylic acids is 1. The molecule has 0 bridgehead atoms. The Kier molecular flexibility index (Phi) is 7.88. The van der Waals surface area contributed by atoms with Crippen molar-refractivity contribution in [2.75, 3.05) is 26.1 Å². The first-order valence-electron chi connectivity index (χ1n) is 5.42. The number of thioether (sulfide) groups is 1. The average molecular weight is 232 g/mol. The molecule has 0 saturated heterocycles. The Morgan fingerprint density at radius 3 is 2.40 bits per heavy atom. The Balaban J connectivity index is 3.72. The summed E-state index contributed by atoms with van der Waals surface area (Å²) in [6, 6.07) is 0.749. The van der Waals surface area contributed by atoms with Crippen LogP contribution in [-0.4, -0.2) is 49.0 Å². The van der Waals surface area contributed by atoms with Crippen LogP contribution in [0.2, 0.25) is 0 Å². The molecule has 15 heavy (non-hydrogen) atoms. The van der Waals surface area contributed by atoms with Gasteiger partial charge in [0.05, 0.1) is 0 Å². The molecule has 0 saturated carbocycles. The number of nitrogens with zero attached hydrogens (tertiary/aromatic N) is 1. The van der Waals surface area contributed by atoms with Crippen molar-refractivity contribution in [3.05, 3.63) is 0 Å². The maximum atomic E-state index is 11.4. The van der Waals surface area contributed by atoms with E-state index in [4.69, 9.17) is 0 Å². The van der Waals surface area contributed by atoms with Crippen LogP contribution in [-0.2, 0) is 4.79 Å². The van der Waals surface area contributed by atoms with Crippen molar-refractivity contribution >= 4 is 17.7 Å². The summed E-state index contributed by atoms with van der Waals surface area (Å²) >= 11 is 1.86. The van der Waals surface area contributed by atoms with E-state index in [0.717, 1.165) is 6.42 Å². The van der Waals surface area contributed by atoms with Gasteiger partial charge in [0.2, 0.25) is 5.91 Å². The number of nitrogens with one attached hydrogen (secondary N) is 1. The lowest BCUT2D eigenvalue weighted by atomic mass is 10.1. The summed E-state index contributed by atoms with van der Waals surface area (Å²) in [7, 11) is 3.60. The summed E-state index contributed by atoms with van der Waals surface area (Å²) in [5.74, 6) is 1.36. The van der Waals surface area contributed by atoms with Gasteiger partial charge in [-0.25, -0.2) is 0 Å². The second kappa shape index (κ2) is 7.99. The third-order valence-corrected chi connectivity index (χ3v) is 2.95. The summed E-state index contributed by atoms with van der Waals surface area (Å²) in [4.78, 5) is 13.1. The molecule has 4 heteroatoms. The lowest BCUT2D eigenvalue weighted by Gasteiger charge is -2.20. The van der Waals surface area contributed by atoms with Gasteiger partial charge in [0, 0.05) is 32.6 Å². The highest BCUT2D eigenvalue weighted by atomic mass is 32.2. The predicted octanol–water partition coefficient (Wildman–Crippen LogP) is 1.58. The van der Waals surface area contributed by atoms with Crippen molar-refractivity contribution in [2.45, 2.75) is 38.8 Å². The van der Waals surface area contributed by atoms with Crippen molar-refractivity contribution in [3.8, 4) is 0 Å². The number of hydrogen-bond acceptors (Lipinski definition) is 3. The minimum Gasteiger partial charge on any atom is -0.349 e. The minimum absolute atomic E-state index is 0.187. The highest BCUT2D eigenvalue weighted by Gasteiger charge is 2.12. The maximum absolute atomic E-state index is 11.4. The molecule has 3 nitrogen and oxygen atoms in total. The van der Waals surface area contributed by atoms with Crippen LogP contribution in [0, 0.1) is 0 Å². The van der Waals surface area contributed by atoms with E-state index in [0.29, 0.717) is 12.5 Å². The van der Waals surface area contributed by atoms with Crippen LogP contribution in [0.1, 0.15) is 26.7 Å². The molecule has 1 N–H and O–H groups in total. The molecule has 90 valence electrons. The molecule has 0 heterocycles. The first-order valence-corrected chi connectivity index (χ1v) is 6.82. The second-order valence-corrected chi connectivity index (χ2v) is 5.23. The zero-order chi connectivity index (χ0) is 11.8. The SMILES string of the molecule is CSCCC(C)NC(C)CC(=O)N(C)C. The third kappa shape index (κ3) is 7.68. The molecule has 2 unspecified atom stereocenters. The molecule has 0 aliphatic rings. The van der Waals surface area contributed by atoms with Gasteiger partial charge in [0.15, 0.2) is 0 Å². The Bertz CT molecular complexity index is 185. The largest absolute Gasteiger partial charge is 0.349 e. The summed E-state index contributed by atoms with van der Waals surface area (Å²) < 4.78 is 0. The van der Waals surface area contributed by atoms with Crippen molar-refractivity contribution in [1.29, 1.82) is 0 Å². The molecule has 0 radical (unpaired) electrons. The van der Waals surface area contributed by atoms with Crippen molar-refractivity contribution < 1.29 is 4.79 Å². The number of carbonyl (C=O) groups is 1. The van der Waals surface area contributed by atoms with Gasteiger partial charge in [0.1, 0.15) is 0 Å². The van der Waals surface area contributed by atoms with Crippen LogP contribution in [0.25, 0.3) is 0 Å². The molecule has 1 amide bonds. The maximum Gasteiger partial charge on any atom is 0.223 e. The van der Waals surface area contributed by atoms with Crippen LogP contribution in [0.15, 0.2) is 0 Å². The van der Waals surface area contributed by atoms with Gasteiger partial charge in [0.25, 0.3) is 0 Å². The molecule has 0 spiro atoms. The standard InChI is InChI=1S/C11H24N2OS/c1-9(6-7-15-5)12-10(2)8-11(14)13(3)4/h9-10,12H,6-8H2,1-5H3. The Morgan fingerprint density at radius 1 is 1.33 bits per heavy atom. The van der Waals surface area contributed by atoms with Crippen LogP contribution in [0.3, 0.4) is 0 Å². The van der Waals surface area contributed by atoms with Crippen LogP contribution >= 0.6 is 11.8 Å². The van der Waals surface area contributed by atoms with E-state index in [2.05, 4.69) is 25.4 Å². The van der Waals surface area contributed by atoms with E-state index in [1.165, 1.54) is 5.75 Å². The normalized spacial score (nSPS) is 14.7.